The van der Waals surface area contributed by atoms with Crippen molar-refractivity contribution in [1.82, 2.24) is 0 Å². The Morgan fingerprint density at radius 3 is 2.46 bits per heavy atom. The second-order valence-electron chi connectivity index (χ2n) is 7.52. The lowest BCUT2D eigenvalue weighted by Gasteiger charge is -2.44. The van der Waals surface area contributed by atoms with Gasteiger partial charge in [0.2, 0.25) is 5.91 Å². The van der Waals surface area contributed by atoms with Gasteiger partial charge < -0.3 is 10.0 Å². The highest BCUT2D eigenvalue weighted by molar-refractivity contribution is 5.94. The fraction of sp³-hybridized carbons (Fsp3) is 0.364. The zero-order chi connectivity index (χ0) is 18.4. The monoisotopic (exact) mass is 349 g/mol. The van der Waals surface area contributed by atoms with Crippen molar-refractivity contribution in [3.8, 4) is 0 Å². The van der Waals surface area contributed by atoms with Crippen LogP contribution in [0.15, 0.2) is 42.5 Å². The maximum Gasteiger partial charge on any atom is 0.335 e. The predicted octanol–water partition coefficient (Wildman–Crippen LogP) is 4.68. The lowest BCUT2D eigenvalue weighted by Crippen LogP contribution is -2.42. The van der Waals surface area contributed by atoms with Gasteiger partial charge in [-0.05, 0) is 60.9 Å². The molecule has 0 spiro atoms. The predicted molar refractivity (Wildman–Crippen MR) is 101 cm³/mol. The number of benzene rings is 2. The Bertz CT molecular complexity index is 871. The molecule has 1 fully saturated rings. The number of aryl methyl sites for hydroxylation is 1. The summed E-state index contributed by atoms with van der Waals surface area (Å²) in [7, 11) is 0. The SMILES string of the molecule is CC(=O)N1c2ccc(C)cc2[C@@H]2CCC[C@@H]2[C@@H]1c1ccc(C(=O)O)cc1. The molecule has 2 aliphatic rings. The highest BCUT2D eigenvalue weighted by Gasteiger charge is 2.45. The molecule has 1 heterocycles. The third-order valence-electron chi connectivity index (χ3n) is 5.93. The van der Waals surface area contributed by atoms with Crippen LogP contribution >= 0.6 is 0 Å². The number of anilines is 1. The van der Waals surface area contributed by atoms with E-state index in [-0.39, 0.29) is 17.5 Å². The topological polar surface area (TPSA) is 57.6 Å². The maximum atomic E-state index is 12.6. The first-order chi connectivity index (χ1) is 12.5. The number of carbonyl (C=O) groups is 2. The van der Waals surface area contributed by atoms with Gasteiger partial charge in [0.05, 0.1) is 11.6 Å². The standard InChI is InChI=1S/C22H23NO3/c1-13-6-11-20-19(12-13)17-4-3-5-18(17)21(23(20)14(2)24)15-7-9-16(10-8-15)22(25)26/h6-12,17-18,21H,3-5H2,1-2H3,(H,25,26)/t17-,18+,21+/m1/s1. The smallest absolute Gasteiger partial charge is 0.335 e. The zero-order valence-electron chi connectivity index (χ0n) is 15.1. The largest absolute Gasteiger partial charge is 0.478 e. The average molecular weight is 349 g/mol. The molecule has 1 aliphatic carbocycles. The van der Waals surface area contributed by atoms with Crippen LogP contribution in [-0.4, -0.2) is 17.0 Å². The zero-order valence-corrected chi connectivity index (χ0v) is 15.1. The summed E-state index contributed by atoms with van der Waals surface area (Å²) < 4.78 is 0. The fourth-order valence-electron chi connectivity index (χ4n) is 4.87. The van der Waals surface area contributed by atoms with Crippen molar-refractivity contribution in [1.29, 1.82) is 0 Å². The number of fused-ring (bicyclic) bond motifs is 3. The van der Waals surface area contributed by atoms with E-state index in [1.807, 2.05) is 17.0 Å². The molecule has 0 aromatic heterocycles. The summed E-state index contributed by atoms with van der Waals surface area (Å²) in [5.74, 6) is -0.0514. The first-order valence-electron chi connectivity index (χ1n) is 9.21. The number of hydrogen-bond donors (Lipinski definition) is 1. The molecule has 4 rings (SSSR count). The van der Waals surface area contributed by atoms with Crippen LogP contribution in [-0.2, 0) is 4.79 Å². The van der Waals surface area contributed by atoms with E-state index in [4.69, 9.17) is 5.11 Å². The van der Waals surface area contributed by atoms with Crippen LogP contribution in [0.4, 0.5) is 5.69 Å². The van der Waals surface area contributed by atoms with E-state index in [1.54, 1.807) is 19.1 Å². The average Bonchev–Trinajstić information content (AvgIpc) is 3.10. The van der Waals surface area contributed by atoms with Gasteiger partial charge in [-0.2, -0.15) is 0 Å². The normalized spacial score (nSPS) is 24.1. The first kappa shape index (κ1) is 16.8. The van der Waals surface area contributed by atoms with Crippen LogP contribution in [0.3, 0.4) is 0 Å². The second-order valence-corrected chi connectivity index (χ2v) is 7.52. The summed E-state index contributed by atoms with van der Waals surface area (Å²) in [5.41, 5.74) is 4.83. The van der Waals surface area contributed by atoms with Gasteiger partial charge in [-0.15, -0.1) is 0 Å². The van der Waals surface area contributed by atoms with Crippen LogP contribution in [0.5, 0.6) is 0 Å². The molecule has 1 saturated carbocycles. The summed E-state index contributed by atoms with van der Waals surface area (Å²) in [6.45, 7) is 3.72. The van der Waals surface area contributed by atoms with E-state index in [0.29, 0.717) is 11.8 Å². The Labute approximate surface area is 153 Å². The lowest BCUT2D eigenvalue weighted by atomic mass is 9.75. The van der Waals surface area contributed by atoms with Gasteiger partial charge in [0.15, 0.2) is 0 Å². The van der Waals surface area contributed by atoms with E-state index < -0.39 is 5.97 Å². The van der Waals surface area contributed by atoms with Crippen molar-refractivity contribution in [2.75, 3.05) is 4.90 Å². The minimum Gasteiger partial charge on any atom is -0.478 e. The Balaban J connectivity index is 1.85. The summed E-state index contributed by atoms with van der Waals surface area (Å²) >= 11 is 0. The van der Waals surface area contributed by atoms with Gasteiger partial charge in [-0.1, -0.05) is 36.2 Å². The Kier molecular flexibility index (Phi) is 4.06. The third kappa shape index (κ3) is 2.61. The summed E-state index contributed by atoms with van der Waals surface area (Å²) in [4.78, 5) is 25.7. The number of hydrogen-bond acceptors (Lipinski definition) is 2. The summed E-state index contributed by atoms with van der Waals surface area (Å²) in [6, 6.07) is 13.4. The number of rotatable bonds is 2. The van der Waals surface area contributed by atoms with Crippen molar-refractivity contribution in [2.24, 2.45) is 5.92 Å². The van der Waals surface area contributed by atoms with Crippen LogP contribution < -0.4 is 4.90 Å². The molecule has 2 aromatic carbocycles. The van der Waals surface area contributed by atoms with Crippen molar-refractivity contribution >= 4 is 17.6 Å². The highest BCUT2D eigenvalue weighted by Crippen LogP contribution is 2.55. The molecule has 0 unspecified atom stereocenters. The van der Waals surface area contributed by atoms with Crippen molar-refractivity contribution in [3.05, 3.63) is 64.7 Å². The van der Waals surface area contributed by atoms with Gasteiger partial charge in [0.25, 0.3) is 0 Å². The van der Waals surface area contributed by atoms with Crippen molar-refractivity contribution < 1.29 is 14.7 Å². The number of carbonyl (C=O) groups excluding carboxylic acids is 1. The van der Waals surface area contributed by atoms with Gasteiger partial charge in [-0.25, -0.2) is 4.79 Å². The van der Waals surface area contributed by atoms with E-state index in [2.05, 4.69) is 25.1 Å². The molecule has 2 aromatic rings. The van der Waals surface area contributed by atoms with E-state index in [1.165, 1.54) is 11.1 Å². The fourth-order valence-corrected chi connectivity index (χ4v) is 4.87. The molecule has 1 N–H and O–H groups in total. The van der Waals surface area contributed by atoms with Crippen LogP contribution in [0.2, 0.25) is 0 Å². The van der Waals surface area contributed by atoms with E-state index >= 15 is 0 Å². The van der Waals surface area contributed by atoms with E-state index in [0.717, 1.165) is 30.5 Å². The maximum absolute atomic E-state index is 12.6. The molecular weight excluding hydrogens is 326 g/mol. The van der Waals surface area contributed by atoms with Crippen molar-refractivity contribution in [3.63, 3.8) is 0 Å². The van der Waals surface area contributed by atoms with E-state index in [9.17, 15) is 9.59 Å². The number of carboxylic acid groups (broad SMARTS) is 1. The molecule has 134 valence electrons. The minimum atomic E-state index is -0.928. The van der Waals surface area contributed by atoms with Crippen LogP contribution in [0.1, 0.15) is 65.2 Å². The van der Waals surface area contributed by atoms with Gasteiger partial charge >= 0.3 is 5.97 Å². The molecule has 0 saturated heterocycles. The summed E-state index contributed by atoms with van der Waals surface area (Å²) in [5, 5.41) is 9.17. The van der Waals surface area contributed by atoms with Crippen molar-refractivity contribution in [2.45, 2.75) is 45.1 Å². The lowest BCUT2D eigenvalue weighted by molar-refractivity contribution is -0.117. The van der Waals surface area contributed by atoms with Crippen LogP contribution in [0.25, 0.3) is 0 Å². The highest BCUT2D eigenvalue weighted by atomic mass is 16.4. The number of amides is 1. The van der Waals surface area contributed by atoms with Crippen LogP contribution in [0, 0.1) is 12.8 Å². The number of aromatic carboxylic acids is 1. The number of carboxylic acids is 1. The van der Waals surface area contributed by atoms with Gasteiger partial charge in [-0.3, -0.25) is 4.79 Å². The molecule has 4 heteroatoms. The molecule has 26 heavy (non-hydrogen) atoms. The summed E-state index contributed by atoms with van der Waals surface area (Å²) in [6.07, 6.45) is 3.40. The first-order valence-corrected chi connectivity index (χ1v) is 9.21. The minimum absolute atomic E-state index is 0.0296. The molecule has 0 bridgehead atoms. The number of nitrogens with zero attached hydrogens (tertiary/aromatic N) is 1. The molecule has 4 nitrogen and oxygen atoms in total. The quantitative estimate of drug-likeness (QED) is 0.856. The Hall–Kier alpha value is -2.62. The molecule has 3 atom stereocenters. The Morgan fingerprint density at radius 2 is 1.81 bits per heavy atom. The van der Waals surface area contributed by atoms with Gasteiger partial charge in [0.1, 0.15) is 0 Å². The van der Waals surface area contributed by atoms with Gasteiger partial charge in [0, 0.05) is 12.6 Å². The molecule has 1 aliphatic heterocycles. The Morgan fingerprint density at radius 1 is 1.08 bits per heavy atom. The second kappa shape index (κ2) is 6.27. The molecule has 1 amide bonds. The molecule has 0 radical (unpaired) electrons. The molecular formula is C22H23NO3. The third-order valence-corrected chi connectivity index (χ3v) is 5.93.